The van der Waals surface area contributed by atoms with Crippen LogP contribution in [0.3, 0.4) is 0 Å². The minimum Gasteiger partial charge on any atom is -0.497 e. The Balaban J connectivity index is 1.53. The van der Waals surface area contributed by atoms with Crippen molar-refractivity contribution in [3.05, 3.63) is 58.6 Å². The van der Waals surface area contributed by atoms with Crippen LogP contribution in [0, 0.1) is 5.92 Å². The molecule has 6 heteroatoms. The van der Waals surface area contributed by atoms with Gasteiger partial charge in [-0.15, -0.1) is 0 Å². The van der Waals surface area contributed by atoms with Crippen molar-refractivity contribution in [3.8, 4) is 5.75 Å². The maximum Gasteiger partial charge on any atom is 0.253 e. The van der Waals surface area contributed by atoms with Gasteiger partial charge in [-0.3, -0.25) is 9.59 Å². The van der Waals surface area contributed by atoms with Crippen LogP contribution in [-0.2, 0) is 4.79 Å². The third-order valence-corrected chi connectivity index (χ3v) is 5.13. The van der Waals surface area contributed by atoms with Crippen LogP contribution in [0.1, 0.15) is 23.2 Å². The molecule has 5 nitrogen and oxygen atoms in total. The van der Waals surface area contributed by atoms with Gasteiger partial charge in [-0.25, -0.2) is 0 Å². The predicted octanol–water partition coefficient (Wildman–Crippen LogP) is 3.95. The molecule has 0 atom stereocenters. The number of rotatable bonds is 4. The minimum atomic E-state index is -0.0708. The highest BCUT2D eigenvalue weighted by atomic mass is 79.9. The molecule has 1 N–H and O–H groups in total. The van der Waals surface area contributed by atoms with E-state index in [0.29, 0.717) is 31.5 Å². The zero-order chi connectivity index (χ0) is 18.5. The lowest BCUT2D eigenvalue weighted by Gasteiger charge is -2.31. The van der Waals surface area contributed by atoms with Crippen molar-refractivity contribution in [2.24, 2.45) is 5.92 Å². The molecule has 26 heavy (non-hydrogen) atoms. The Labute approximate surface area is 161 Å². The van der Waals surface area contributed by atoms with Crippen molar-refractivity contribution in [3.63, 3.8) is 0 Å². The summed E-state index contributed by atoms with van der Waals surface area (Å²) >= 11 is 3.38. The van der Waals surface area contributed by atoms with E-state index in [0.717, 1.165) is 15.9 Å². The summed E-state index contributed by atoms with van der Waals surface area (Å²) in [6, 6.07) is 14.6. The predicted molar refractivity (Wildman–Crippen MR) is 104 cm³/mol. The molecule has 1 saturated heterocycles. The van der Waals surface area contributed by atoms with Crippen molar-refractivity contribution < 1.29 is 14.3 Å². The summed E-state index contributed by atoms with van der Waals surface area (Å²) in [5.41, 5.74) is 1.43. The number of carbonyl (C=O) groups excluding carboxylic acids is 2. The van der Waals surface area contributed by atoms with Crippen LogP contribution in [0.25, 0.3) is 0 Å². The number of amides is 2. The minimum absolute atomic E-state index is 0.000536. The summed E-state index contributed by atoms with van der Waals surface area (Å²) < 4.78 is 6.09. The summed E-state index contributed by atoms with van der Waals surface area (Å²) in [6.07, 6.45) is 1.34. The molecule has 0 aliphatic carbocycles. The third-order valence-electron chi connectivity index (χ3n) is 4.60. The van der Waals surface area contributed by atoms with E-state index in [1.54, 1.807) is 31.4 Å². The standard InChI is InChI=1S/C20H21BrN2O3/c1-26-18-8-2-15(3-9-18)20(25)23-12-10-14(11-13-23)19(24)22-17-6-4-16(21)5-7-17/h2-9,14H,10-13H2,1H3,(H,22,24). The molecule has 136 valence electrons. The number of piperidine rings is 1. The molecule has 1 fully saturated rings. The largest absolute Gasteiger partial charge is 0.497 e. The van der Waals surface area contributed by atoms with E-state index in [1.165, 1.54) is 0 Å². The molecule has 0 bridgehead atoms. The number of hydrogen-bond donors (Lipinski definition) is 1. The zero-order valence-electron chi connectivity index (χ0n) is 14.6. The number of nitrogens with one attached hydrogen (secondary N) is 1. The normalized spacial score (nSPS) is 14.8. The lowest BCUT2D eigenvalue weighted by molar-refractivity contribution is -0.121. The Hall–Kier alpha value is -2.34. The Morgan fingerprint density at radius 2 is 1.65 bits per heavy atom. The van der Waals surface area contributed by atoms with Gasteiger partial charge in [-0.05, 0) is 61.4 Å². The Morgan fingerprint density at radius 1 is 1.04 bits per heavy atom. The summed E-state index contributed by atoms with van der Waals surface area (Å²) in [7, 11) is 1.60. The van der Waals surface area contributed by atoms with E-state index >= 15 is 0 Å². The van der Waals surface area contributed by atoms with E-state index in [-0.39, 0.29) is 17.7 Å². The molecule has 1 heterocycles. The highest BCUT2D eigenvalue weighted by Gasteiger charge is 2.27. The van der Waals surface area contributed by atoms with Gasteiger partial charge in [0.25, 0.3) is 5.91 Å². The lowest BCUT2D eigenvalue weighted by atomic mass is 9.95. The van der Waals surface area contributed by atoms with Gasteiger partial charge in [-0.1, -0.05) is 15.9 Å². The number of anilines is 1. The molecule has 1 aliphatic heterocycles. The molecule has 0 radical (unpaired) electrons. The van der Waals surface area contributed by atoms with Crippen LogP contribution >= 0.6 is 15.9 Å². The number of hydrogen-bond acceptors (Lipinski definition) is 3. The maximum absolute atomic E-state index is 12.6. The van der Waals surface area contributed by atoms with Gasteiger partial charge in [0.15, 0.2) is 0 Å². The number of halogens is 1. The smallest absolute Gasteiger partial charge is 0.253 e. The van der Waals surface area contributed by atoms with Gasteiger partial charge in [0, 0.05) is 34.7 Å². The third kappa shape index (κ3) is 4.43. The first-order chi connectivity index (χ1) is 12.6. The molecule has 0 saturated carbocycles. The first kappa shape index (κ1) is 18.5. The number of carbonyl (C=O) groups is 2. The van der Waals surface area contributed by atoms with Crippen LogP contribution in [0.5, 0.6) is 5.75 Å². The van der Waals surface area contributed by atoms with Crippen LogP contribution in [-0.4, -0.2) is 36.9 Å². The van der Waals surface area contributed by atoms with E-state index in [1.807, 2.05) is 29.2 Å². The highest BCUT2D eigenvalue weighted by molar-refractivity contribution is 9.10. The van der Waals surface area contributed by atoms with Crippen LogP contribution in [0.2, 0.25) is 0 Å². The number of benzene rings is 2. The van der Waals surface area contributed by atoms with E-state index in [4.69, 9.17) is 4.74 Å². The topological polar surface area (TPSA) is 58.6 Å². The lowest BCUT2D eigenvalue weighted by Crippen LogP contribution is -2.41. The first-order valence-corrected chi connectivity index (χ1v) is 9.36. The molecule has 0 unspecified atom stereocenters. The van der Waals surface area contributed by atoms with Gasteiger partial charge in [-0.2, -0.15) is 0 Å². The molecule has 1 aliphatic rings. The Kier molecular flexibility index (Phi) is 5.93. The number of ether oxygens (including phenoxy) is 1. The second-order valence-electron chi connectivity index (χ2n) is 6.29. The van der Waals surface area contributed by atoms with E-state index in [9.17, 15) is 9.59 Å². The van der Waals surface area contributed by atoms with Gasteiger partial charge in [0.1, 0.15) is 5.75 Å². The fourth-order valence-corrected chi connectivity index (χ4v) is 3.30. The molecule has 3 rings (SSSR count). The molecular weight excluding hydrogens is 396 g/mol. The quantitative estimate of drug-likeness (QED) is 0.820. The molecule has 2 aromatic rings. The Morgan fingerprint density at radius 3 is 2.23 bits per heavy atom. The molecule has 2 amide bonds. The first-order valence-electron chi connectivity index (χ1n) is 8.56. The average molecular weight is 417 g/mol. The summed E-state index contributed by atoms with van der Waals surface area (Å²) in [5, 5.41) is 2.95. The molecule has 2 aromatic carbocycles. The van der Waals surface area contributed by atoms with E-state index < -0.39 is 0 Å². The average Bonchev–Trinajstić information content (AvgIpc) is 2.69. The van der Waals surface area contributed by atoms with Gasteiger partial charge >= 0.3 is 0 Å². The molecule has 0 spiro atoms. The van der Waals surface area contributed by atoms with Crippen molar-refractivity contribution >= 4 is 33.4 Å². The zero-order valence-corrected chi connectivity index (χ0v) is 16.2. The van der Waals surface area contributed by atoms with Crippen LogP contribution in [0.15, 0.2) is 53.0 Å². The highest BCUT2D eigenvalue weighted by Crippen LogP contribution is 2.22. The fourth-order valence-electron chi connectivity index (χ4n) is 3.04. The summed E-state index contributed by atoms with van der Waals surface area (Å²) in [4.78, 5) is 26.8. The Bertz CT molecular complexity index is 767. The van der Waals surface area contributed by atoms with Crippen LogP contribution in [0.4, 0.5) is 5.69 Å². The molecular formula is C20H21BrN2O3. The SMILES string of the molecule is COc1ccc(C(=O)N2CCC(C(=O)Nc3ccc(Br)cc3)CC2)cc1. The second-order valence-corrected chi connectivity index (χ2v) is 7.21. The number of methoxy groups -OCH3 is 1. The monoisotopic (exact) mass is 416 g/mol. The fraction of sp³-hybridized carbons (Fsp3) is 0.300. The number of nitrogens with zero attached hydrogens (tertiary/aromatic N) is 1. The van der Waals surface area contributed by atoms with E-state index in [2.05, 4.69) is 21.2 Å². The van der Waals surface area contributed by atoms with Crippen molar-refractivity contribution in [1.29, 1.82) is 0 Å². The maximum atomic E-state index is 12.6. The van der Waals surface area contributed by atoms with Crippen molar-refractivity contribution in [2.45, 2.75) is 12.8 Å². The summed E-state index contributed by atoms with van der Waals surface area (Å²) in [5.74, 6) is 0.673. The second kappa shape index (κ2) is 8.36. The van der Waals surface area contributed by atoms with Crippen molar-refractivity contribution in [1.82, 2.24) is 4.90 Å². The van der Waals surface area contributed by atoms with Gasteiger partial charge in [0.05, 0.1) is 7.11 Å². The number of likely N-dealkylation sites (tertiary alicyclic amines) is 1. The molecule has 0 aromatic heterocycles. The van der Waals surface area contributed by atoms with Gasteiger partial charge < -0.3 is 15.0 Å². The van der Waals surface area contributed by atoms with Gasteiger partial charge in [0.2, 0.25) is 5.91 Å². The van der Waals surface area contributed by atoms with Crippen LogP contribution < -0.4 is 10.1 Å². The van der Waals surface area contributed by atoms with Crippen molar-refractivity contribution in [2.75, 3.05) is 25.5 Å². The summed E-state index contributed by atoms with van der Waals surface area (Å²) in [6.45, 7) is 1.17.